The van der Waals surface area contributed by atoms with Crippen molar-refractivity contribution in [3.8, 4) is 0 Å². The summed E-state index contributed by atoms with van der Waals surface area (Å²) in [6.07, 6.45) is 40.7. The first-order chi connectivity index (χ1) is 19.4. The molecule has 0 bridgehead atoms. The number of hydrogen-bond donors (Lipinski definition) is 0. The number of unbranched alkanes of at least 4 members (excludes halogenated alkanes) is 26. The van der Waals surface area contributed by atoms with Gasteiger partial charge in [0.25, 0.3) is 0 Å². The van der Waals surface area contributed by atoms with E-state index in [2.05, 4.69) is 13.8 Å². The molecule has 0 atom stereocenters. The molecule has 0 aliphatic heterocycles. The van der Waals surface area contributed by atoms with E-state index in [4.69, 9.17) is 9.47 Å². The van der Waals surface area contributed by atoms with Crippen LogP contribution >= 0.6 is 0 Å². The standard InChI is InChI=1S/C36H74O2Te/c1-3-37-33-29-25-21-17-13-9-5-7-11-15-19-23-27-31-35-39-36-32-28-24-20-16-12-8-6-10-14-18-22-26-30-34-38-4-2/h3-36H2,1-2H3. The minimum absolute atomic E-state index is 0.345. The van der Waals surface area contributed by atoms with Crippen LogP contribution in [0.4, 0.5) is 0 Å². The SMILES string of the molecule is CCOCCCCCCCCCCCCCCCC[Te]CCCCCCCCCCCCCCCCOCC. The molecule has 0 aromatic heterocycles. The van der Waals surface area contributed by atoms with Gasteiger partial charge >= 0.3 is 171 Å². The number of hydrogen-bond acceptors (Lipinski definition) is 2. The van der Waals surface area contributed by atoms with E-state index in [0.717, 1.165) is 26.4 Å². The summed E-state index contributed by atoms with van der Waals surface area (Å²) < 4.78 is 14.0. The van der Waals surface area contributed by atoms with Gasteiger partial charge in [0.2, 0.25) is 0 Å². The van der Waals surface area contributed by atoms with E-state index < -0.39 is 0 Å². The second-order valence-corrected chi connectivity index (χ2v) is 15.4. The van der Waals surface area contributed by atoms with Gasteiger partial charge in [0.15, 0.2) is 0 Å². The molecule has 39 heavy (non-hydrogen) atoms. The molecule has 236 valence electrons. The molecule has 0 saturated heterocycles. The van der Waals surface area contributed by atoms with Crippen LogP contribution in [0.25, 0.3) is 0 Å². The van der Waals surface area contributed by atoms with Crippen LogP contribution in [0, 0.1) is 0 Å². The first-order valence-electron chi connectivity index (χ1n) is 18.1. The molecule has 0 heterocycles. The van der Waals surface area contributed by atoms with Gasteiger partial charge in [-0.1, -0.05) is 25.7 Å². The van der Waals surface area contributed by atoms with E-state index in [1.807, 2.05) is 0 Å². The van der Waals surface area contributed by atoms with Gasteiger partial charge in [-0.05, 0) is 26.7 Å². The Morgan fingerprint density at radius 2 is 0.487 bits per heavy atom. The molecule has 0 aromatic rings. The molecule has 0 aromatic carbocycles. The van der Waals surface area contributed by atoms with Crippen molar-refractivity contribution in [2.45, 2.75) is 203 Å². The normalized spacial score (nSPS) is 11.5. The first kappa shape index (κ1) is 39.7. The fraction of sp³-hybridized carbons (Fsp3) is 1.00. The van der Waals surface area contributed by atoms with Gasteiger partial charge in [0.05, 0.1) is 0 Å². The zero-order chi connectivity index (χ0) is 28.2. The van der Waals surface area contributed by atoms with Crippen molar-refractivity contribution < 1.29 is 9.47 Å². The van der Waals surface area contributed by atoms with Crippen LogP contribution in [0.1, 0.15) is 194 Å². The molecule has 0 spiro atoms. The molecular weight excluding hydrogens is 592 g/mol. The van der Waals surface area contributed by atoms with Crippen LogP contribution in [0.2, 0.25) is 8.94 Å². The molecule has 2 nitrogen and oxygen atoms in total. The van der Waals surface area contributed by atoms with Gasteiger partial charge in [-0.2, -0.15) is 0 Å². The van der Waals surface area contributed by atoms with Gasteiger partial charge in [0, 0.05) is 26.4 Å². The molecule has 0 N–H and O–H groups in total. The van der Waals surface area contributed by atoms with E-state index in [0.29, 0.717) is 20.9 Å². The van der Waals surface area contributed by atoms with Crippen molar-refractivity contribution in [1.29, 1.82) is 0 Å². The van der Waals surface area contributed by atoms with E-state index in [9.17, 15) is 0 Å². The average Bonchev–Trinajstić information content (AvgIpc) is 2.95. The van der Waals surface area contributed by atoms with Crippen molar-refractivity contribution in [2.24, 2.45) is 0 Å². The van der Waals surface area contributed by atoms with E-state index in [1.54, 1.807) is 21.8 Å². The molecule has 0 saturated carbocycles. The summed E-state index contributed by atoms with van der Waals surface area (Å²) in [5, 5.41) is 0. The van der Waals surface area contributed by atoms with E-state index in [1.165, 1.54) is 167 Å². The van der Waals surface area contributed by atoms with Crippen molar-refractivity contribution in [3.63, 3.8) is 0 Å². The van der Waals surface area contributed by atoms with Gasteiger partial charge < -0.3 is 9.47 Å². The second-order valence-electron chi connectivity index (χ2n) is 11.9. The average molecular weight is 667 g/mol. The Balaban J connectivity index is 3.01. The summed E-state index contributed by atoms with van der Waals surface area (Å²) in [5.41, 5.74) is 0. The van der Waals surface area contributed by atoms with Crippen molar-refractivity contribution in [1.82, 2.24) is 0 Å². The molecule has 0 rings (SSSR count). The molecule has 3 heteroatoms. The predicted octanol–water partition coefficient (Wildman–Crippen LogP) is 12.5. The summed E-state index contributed by atoms with van der Waals surface area (Å²) in [7, 11) is 0. The van der Waals surface area contributed by atoms with Crippen LogP contribution in [0.5, 0.6) is 0 Å². The third kappa shape index (κ3) is 38.7. The molecule has 0 radical (unpaired) electrons. The smallest absolute Gasteiger partial charge is 0.382 e. The number of ether oxygens (including phenoxy) is 2. The van der Waals surface area contributed by atoms with Crippen LogP contribution in [-0.2, 0) is 9.47 Å². The predicted molar refractivity (Wildman–Crippen MR) is 178 cm³/mol. The molecule has 0 aliphatic rings. The first-order valence-corrected chi connectivity index (χ1v) is 21.4. The van der Waals surface area contributed by atoms with E-state index >= 15 is 0 Å². The maximum atomic E-state index is 5.40. The van der Waals surface area contributed by atoms with Gasteiger partial charge in [-0.25, -0.2) is 0 Å². The Kier molecular flexibility index (Phi) is 39.4. The summed E-state index contributed by atoms with van der Waals surface area (Å²) in [6.45, 7) is 7.86. The third-order valence-electron chi connectivity index (χ3n) is 8.06. The molecule has 0 amide bonds. The zero-order valence-electron chi connectivity index (χ0n) is 27.3. The summed E-state index contributed by atoms with van der Waals surface area (Å²) in [5.74, 6) is 0. The Bertz CT molecular complexity index is 368. The molecule has 0 aliphatic carbocycles. The topological polar surface area (TPSA) is 18.5 Å². The fourth-order valence-electron chi connectivity index (χ4n) is 5.45. The summed E-state index contributed by atoms with van der Waals surface area (Å²) >= 11 is 0.345. The van der Waals surface area contributed by atoms with Crippen molar-refractivity contribution in [2.75, 3.05) is 26.4 Å². The second kappa shape index (κ2) is 38.7. The van der Waals surface area contributed by atoms with Crippen LogP contribution in [-0.4, -0.2) is 47.4 Å². The fourth-order valence-corrected chi connectivity index (χ4v) is 8.36. The number of rotatable bonds is 36. The van der Waals surface area contributed by atoms with Crippen LogP contribution < -0.4 is 0 Å². The molecule has 0 fully saturated rings. The zero-order valence-corrected chi connectivity index (χ0v) is 29.6. The van der Waals surface area contributed by atoms with Gasteiger partial charge in [-0.15, -0.1) is 0 Å². The Hall–Kier alpha value is 0.710. The Labute approximate surface area is 258 Å². The Morgan fingerprint density at radius 1 is 0.282 bits per heavy atom. The minimum atomic E-state index is 0.345. The van der Waals surface area contributed by atoms with E-state index in [-0.39, 0.29) is 0 Å². The Morgan fingerprint density at radius 3 is 0.718 bits per heavy atom. The van der Waals surface area contributed by atoms with Crippen LogP contribution in [0.3, 0.4) is 0 Å². The summed E-state index contributed by atoms with van der Waals surface area (Å²) in [4.78, 5) is 0. The van der Waals surface area contributed by atoms with Gasteiger partial charge in [-0.3, -0.25) is 0 Å². The summed E-state index contributed by atoms with van der Waals surface area (Å²) in [6, 6.07) is 0. The molecule has 0 unspecified atom stereocenters. The van der Waals surface area contributed by atoms with Gasteiger partial charge in [0.1, 0.15) is 0 Å². The maximum absolute atomic E-state index is 5.40. The minimum Gasteiger partial charge on any atom is -0.382 e. The van der Waals surface area contributed by atoms with Crippen molar-refractivity contribution >= 4 is 20.9 Å². The van der Waals surface area contributed by atoms with Crippen molar-refractivity contribution in [3.05, 3.63) is 0 Å². The monoisotopic (exact) mass is 668 g/mol. The van der Waals surface area contributed by atoms with Crippen LogP contribution in [0.15, 0.2) is 0 Å². The molecular formula is C36H74O2Te. The third-order valence-corrected chi connectivity index (χ3v) is 11.4. The quantitative estimate of drug-likeness (QED) is 0.0490.